The van der Waals surface area contributed by atoms with E-state index in [1.54, 1.807) is 0 Å². The maximum absolute atomic E-state index is 11.8. The van der Waals surface area contributed by atoms with Crippen LogP contribution in [0.2, 0.25) is 0 Å². The van der Waals surface area contributed by atoms with Crippen molar-refractivity contribution < 1.29 is 9.47 Å². The van der Waals surface area contributed by atoms with Gasteiger partial charge in [0.05, 0.1) is 24.9 Å². The fraction of sp³-hybridized carbons (Fsp3) is 0.727. The molecule has 0 atom stereocenters. The lowest BCUT2D eigenvalue weighted by molar-refractivity contribution is 0.0589. The third-order valence-corrected chi connectivity index (χ3v) is 3.43. The molecule has 1 aromatic rings. The van der Waals surface area contributed by atoms with E-state index in [1.807, 2.05) is 4.68 Å². The lowest BCUT2D eigenvalue weighted by atomic mass is 10.1. The molecule has 1 aromatic heterocycles. The van der Waals surface area contributed by atoms with Crippen molar-refractivity contribution in [2.75, 3.05) is 19.8 Å². The first kappa shape index (κ1) is 10.1. The quantitative estimate of drug-likeness (QED) is 0.760. The molecule has 1 fully saturated rings. The summed E-state index contributed by atoms with van der Waals surface area (Å²) in [6.45, 7) is 2.78. The Labute approximate surface area is 93.3 Å². The molecule has 1 N–H and O–H groups in total. The Morgan fingerprint density at radius 2 is 2.00 bits per heavy atom. The number of hydrogen-bond acceptors (Lipinski definition) is 3. The third kappa shape index (κ3) is 1.60. The van der Waals surface area contributed by atoms with Gasteiger partial charge in [0.25, 0.3) is 5.56 Å². The first-order valence-corrected chi connectivity index (χ1v) is 5.84. The minimum Gasteiger partial charge on any atom is -0.381 e. The fourth-order valence-electron chi connectivity index (χ4n) is 2.53. The highest BCUT2D eigenvalue weighted by molar-refractivity contribution is 5.20. The van der Waals surface area contributed by atoms with Crippen LogP contribution in [0.4, 0.5) is 0 Å². The van der Waals surface area contributed by atoms with Crippen LogP contribution in [-0.4, -0.2) is 29.6 Å². The Hall–Kier alpha value is -1.07. The smallest absolute Gasteiger partial charge is 0.267 e. The minimum absolute atomic E-state index is 0.0600. The van der Waals surface area contributed by atoms with Crippen molar-refractivity contribution in [3.8, 4) is 0 Å². The first-order valence-electron chi connectivity index (χ1n) is 5.84. The molecule has 3 rings (SSSR count). The van der Waals surface area contributed by atoms with Crippen LogP contribution in [0.3, 0.4) is 0 Å². The molecule has 0 amide bonds. The van der Waals surface area contributed by atoms with Gasteiger partial charge in [0.2, 0.25) is 0 Å². The number of nitrogens with zero attached hydrogens (tertiary/aromatic N) is 1. The largest absolute Gasteiger partial charge is 0.381 e. The molecular weight excluding hydrogens is 208 g/mol. The lowest BCUT2D eigenvalue weighted by Gasteiger charge is -2.26. The summed E-state index contributed by atoms with van der Waals surface area (Å²) < 4.78 is 12.8. The second-order valence-electron chi connectivity index (χ2n) is 4.38. The van der Waals surface area contributed by atoms with Gasteiger partial charge in [-0.3, -0.25) is 14.6 Å². The van der Waals surface area contributed by atoms with E-state index in [0.29, 0.717) is 19.3 Å². The first-order chi connectivity index (χ1) is 7.86. The predicted octanol–water partition coefficient (Wildman–Crippen LogP) is 0.601. The van der Waals surface area contributed by atoms with E-state index >= 15 is 0 Å². The number of ether oxygens (including phenoxy) is 2. The van der Waals surface area contributed by atoms with E-state index < -0.39 is 0 Å². The summed E-state index contributed by atoms with van der Waals surface area (Å²) in [4.78, 5) is 11.8. The van der Waals surface area contributed by atoms with Crippen molar-refractivity contribution in [1.29, 1.82) is 0 Å². The van der Waals surface area contributed by atoms with E-state index in [0.717, 1.165) is 43.7 Å². The highest BCUT2D eigenvalue weighted by Crippen LogP contribution is 2.24. The van der Waals surface area contributed by atoms with Crippen LogP contribution < -0.4 is 5.56 Å². The topological polar surface area (TPSA) is 56.2 Å². The molecule has 16 heavy (non-hydrogen) atoms. The zero-order valence-corrected chi connectivity index (χ0v) is 9.20. The minimum atomic E-state index is 0.0600. The number of H-pyrrole nitrogens is 1. The van der Waals surface area contributed by atoms with Gasteiger partial charge in [-0.25, -0.2) is 0 Å². The highest BCUT2D eigenvalue weighted by Gasteiger charge is 2.24. The average Bonchev–Trinajstić information content (AvgIpc) is 2.69. The van der Waals surface area contributed by atoms with Gasteiger partial charge in [-0.1, -0.05) is 0 Å². The normalized spacial score (nSPS) is 22.0. The molecule has 0 unspecified atom stereocenters. The Morgan fingerprint density at radius 3 is 2.81 bits per heavy atom. The zero-order chi connectivity index (χ0) is 11.0. The Balaban J connectivity index is 1.97. The summed E-state index contributed by atoms with van der Waals surface area (Å²) in [6, 6.07) is 0.367. The van der Waals surface area contributed by atoms with Crippen LogP contribution in [0.25, 0.3) is 0 Å². The molecule has 1 saturated heterocycles. The molecule has 5 heteroatoms. The van der Waals surface area contributed by atoms with Crippen LogP contribution >= 0.6 is 0 Å². The van der Waals surface area contributed by atoms with Gasteiger partial charge in [-0.2, -0.15) is 0 Å². The summed E-state index contributed by atoms with van der Waals surface area (Å²) in [5.41, 5.74) is 2.02. The molecule has 0 saturated carbocycles. The SMILES string of the molecule is O=c1[nH]n(C2CCOCC2)c2c1CCOC2. The van der Waals surface area contributed by atoms with E-state index in [1.165, 1.54) is 0 Å². The maximum atomic E-state index is 11.8. The number of hydrogen-bond donors (Lipinski definition) is 1. The second-order valence-corrected chi connectivity index (χ2v) is 4.38. The number of fused-ring (bicyclic) bond motifs is 1. The molecule has 5 nitrogen and oxygen atoms in total. The predicted molar refractivity (Wildman–Crippen MR) is 57.5 cm³/mol. The summed E-state index contributed by atoms with van der Waals surface area (Å²) >= 11 is 0. The van der Waals surface area contributed by atoms with Crippen LogP contribution in [0.5, 0.6) is 0 Å². The third-order valence-electron chi connectivity index (χ3n) is 3.43. The summed E-state index contributed by atoms with van der Waals surface area (Å²) in [5.74, 6) is 0. The number of rotatable bonds is 1. The van der Waals surface area contributed by atoms with E-state index in [2.05, 4.69) is 5.10 Å². The molecule has 2 aliphatic rings. The van der Waals surface area contributed by atoms with Gasteiger partial charge in [-0.05, 0) is 12.8 Å². The molecule has 2 aliphatic heterocycles. The van der Waals surface area contributed by atoms with Crippen LogP contribution in [0.1, 0.15) is 30.1 Å². The lowest BCUT2D eigenvalue weighted by Crippen LogP contribution is -2.23. The molecule has 0 aromatic carbocycles. The molecule has 3 heterocycles. The van der Waals surface area contributed by atoms with Gasteiger partial charge in [0.15, 0.2) is 0 Å². The van der Waals surface area contributed by atoms with Gasteiger partial charge in [-0.15, -0.1) is 0 Å². The van der Waals surface area contributed by atoms with E-state index in [9.17, 15) is 4.79 Å². The van der Waals surface area contributed by atoms with Crippen LogP contribution in [0, 0.1) is 0 Å². The molecule has 0 radical (unpaired) electrons. The summed E-state index contributed by atoms with van der Waals surface area (Å²) in [7, 11) is 0. The van der Waals surface area contributed by atoms with E-state index in [-0.39, 0.29) is 5.56 Å². The molecule has 0 aliphatic carbocycles. The Kier molecular flexibility index (Phi) is 2.57. The van der Waals surface area contributed by atoms with Gasteiger partial charge < -0.3 is 9.47 Å². The van der Waals surface area contributed by atoms with Crippen LogP contribution in [0.15, 0.2) is 4.79 Å². The molecule has 88 valence electrons. The molecular formula is C11H16N2O3. The number of aromatic nitrogens is 2. The molecule has 0 spiro atoms. The van der Waals surface area contributed by atoms with Gasteiger partial charge in [0.1, 0.15) is 0 Å². The van der Waals surface area contributed by atoms with Crippen molar-refractivity contribution in [3.63, 3.8) is 0 Å². The number of aromatic amines is 1. The summed E-state index contributed by atoms with van der Waals surface area (Å²) in [6.07, 6.45) is 2.68. The van der Waals surface area contributed by atoms with Crippen molar-refractivity contribution in [2.24, 2.45) is 0 Å². The van der Waals surface area contributed by atoms with Gasteiger partial charge in [0, 0.05) is 25.2 Å². The standard InChI is InChI=1S/C11H16N2O3/c14-11-9-3-6-16-7-10(9)13(12-11)8-1-4-15-5-2-8/h8H,1-7H2,(H,12,14). The second kappa shape index (κ2) is 4.07. The Bertz CT molecular complexity index is 429. The van der Waals surface area contributed by atoms with Crippen LogP contribution in [-0.2, 0) is 22.5 Å². The Morgan fingerprint density at radius 1 is 1.19 bits per heavy atom. The van der Waals surface area contributed by atoms with Crippen molar-refractivity contribution in [3.05, 3.63) is 21.6 Å². The monoisotopic (exact) mass is 224 g/mol. The summed E-state index contributed by atoms with van der Waals surface area (Å²) in [5, 5.41) is 2.95. The fourth-order valence-corrected chi connectivity index (χ4v) is 2.53. The van der Waals surface area contributed by atoms with Crippen molar-refractivity contribution in [2.45, 2.75) is 31.9 Å². The average molecular weight is 224 g/mol. The van der Waals surface area contributed by atoms with E-state index in [4.69, 9.17) is 9.47 Å². The van der Waals surface area contributed by atoms with Crippen molar-refractivity contribution >= 4 is 0 Å². The molecule has 0 bridgehead atoms. The number of nitrogens with one attached hydrogen (secondary N) is 1. The maximum Gasteiger partial charge on any atom is 0.267 e. The van der Waals surface area contributed by atoms with Crippen molar-refractivity contribution in [1.82, 2.24) is 9.78 Å². The zero-order valence-electron chi connectivity index (χ0n) is 9.20. The van der Waals surface area contributed by atoms with Gasteiger partial charge >= 0.3 is 0 Å². The highest BCUT2D eigenvalue weighted by atomic mass is 16.5.